The molecule has 2 atom stereocenters. The summed E-state index contributed by atoms with van der Waals surface area (Å²) >= 11 is 1.71. The maximum atomic E-state index is 9.37. The summed E-state index contributed by atoms with van der Waals surface area (Å²) in [4.78, 5) is 1.31. The summed E-state index contributed by atoms with van der Waals surface area (Å²) in [6.07, 6.45) is 0.274. The fourth-order valence-corrected chi connectivity index (χ4v) is 2.11. The van der Waals surface area contributed by atoms with Gasteiger partial charge in [0.25, 0.3) is 0 Å². The van der Waals surface area contributed by atoms with Crippen LogP contribution in [0.1, 0.15) is 23.8 Å². The highest BCUT2D eigenvalue weighted by Crippen LogP contribution is 2.18. The van der Waals surface area contributed by atoms with Gasteiger partial charge in [0.05, 0.1) is 12.2 Å². The first kappa shape index (κ1) is 10.7. The Balaban J connectivity index is 2.39. The van der Waals surface area contributed by atoms with E-state index < -0.39 is 12.2 Å². The van der Waals surface area contributed by atoms with Gasteiger partial charge in [0.1, 0.15) is 0 Å². The lowest BCUT2D eigenvalue weighted by Crippen LogP contribution is -2.22. The van der Waals surface area contributed by atoms with Gasteiger partial charge in [-0.3, -0.25) is 0 Å². The highest BCUT2D eigenvalue weighted by Gasteiger charge is 2.11. The van der Waals surface area contributed by atoms with E-state index in [1.165, 1.54) is 10.4 Å². The molecule has 0 bridgehead atoms. The van der Waals surface area contributed by atoms with Gasteiger partial charge in [-0.15, -0.1) is 11.3 Å². The summed E-state index contributed by atoms with van der Waals surface area (Å²) in [6, 6.07) is 2.08. The van der Waals surface area contributed by atoms with E-state index in [-0.39, 0.29) is 0 Å². The first-order valence-corrected chi connectivity index (χ1v) is 5.38. The number of aliphatic hydroxyl groups is 2. The Kier molecular flexibility index (Phi) is 3.90. The van der Waals surface area contributed by atoms with Gasteiger partial charge in [-0.05, 0) is 43.7 Å². The summed E-state index contributed by atoms with van der Waals surface area (Å²) in [7, 11) is 0. The average Bonchev–Trinajstić information content (AvgIpc) is 2.47. The third kappa shape index (κ3) is 3.10. The van der Waals surface area contributed by atoms with Crippen molar-refractivity contribution in [2.24, 2.45) is 0 Å². The van der Waals surface area contributed by atoms with Crippen molar-refractivity contribution in [3.05, 3.63) is 21.9 Å². The Morgan fingerprint density at radius 3 is 2.62 bits per heavy atom. The lowest BCUT2D eigenvalue weighted by molar-refractivity contribution is 0.0266. The van der Waals surface area contributed by atoms with E-state index in [0.29, 0.717) is 6.42 Å². The number of hydrogen-bond acceptors (Lipinski definition) is 3. The zero-order valence-corrected chi connectivity index (χ0v) is 8.84. The van der Waals surface area contributed by atoms with Gasteiger partial charge in [0.15, 0.2) is 0 Å². The molecule has 0 saturated heterocycles. The lowest BCUT2D eigenvalue weighted by atomic mass is 10.1. The molecule has 2 N–H and O–H groups in total. The van der Waals surface area contributed by atoms with Crippen molar-refractivity contribution in [3.63, 3.8) is 0 Å². The molecule has 3 heteroatoms. The minimum absolute atomic E-state index is 0.596. The standard InChI is InChI=1S/C10H16O2S/c1-7-5-6-13-10(7)4-3-9(12)8(2)11/h5-6,8-9,11-12H,3-4H2,1-2H3. The first-order chi connectivity index (χ1) is 6.11. The van der Waals surface area contributed by atoms with Gasteiger partial charge in [-0.1, -0.05) is 0 Å². The summed E-state index contributed by atoms with van der Waals surface area (Å²) in [5, 5.41) is 20.5. The largest absolute Gasteiger partial charge is 0.391 e. The van der Waals surface area contributed by atoms with Crippen LogP contribution in [0.4, 0.5) is 0 Å². The fraction of sp³-hybridized carbons (Fsp3) is 0.600. The molecule has 1 aromatic heterocycles. The van der Waals surface area contributed by atoms with Crippen molar-refractivity contribution < 1.29 is 10.2 Å². The zero-order chi connectivity index (χ0) is 9.84. The highest BCUT2D eigenvalue weighted by atomic mass is 32.1. The minimum atomic E-state index is -0.625. The van der Waals surface area contributed by atoms with Crippen LogP contribution in [0, 0.1) is 6.92 Å². The second kappa shape index (κ2) is 4.74. The molecule has 2 nitrogen and oxygen atoms in total. The van der Waals surface area contributed by atoms with Crippen LogP contribution in [0.25, 0.3) is 0 Å². The van der Waals surface area contributed by atoms with Gasteiger partial charge in [0, 0.05) is 4.88 Å². The molecule has 0 fully saturated rings. The molecule has 0 saturated carbocycles. The summed E-state index contributed by atoms with van der Waals surface area (Å²) in [5.74, 6) is 0. The number of thiophene rings is 1. The average molecular weight is 200 g/mol. The molecule has 0 aliphatic carbocycles. The van der Waals surface area contributed by atoms with Crippen LogP contribution in [0.5, 0.6) is 0 Å². The summed E-state index contributed by atoms with van der Waals surface area (Å²) in [6.45, 7) is 3.69. The van der Waals surface area contributed by atoms with Gasteiger partial charge < -0.3 is 10.2 Å². The predicted octanol–water partition coefficient (Wildman–Crippen LogP) is 1.73. The topological polar surface area (TPSA) is 40.5 Å². The van der Waals surface area contributed by atoms with Crippen LogP contribution in [0.3, 0.4) is 0 Å². The van der Waals surface area contributed by atoms with E-state index in [1.807, 2.05) is 0 Å². The molecule has 13 heavy (non-hydrogen) atoms. The lowest BCUT2D eigenvalue weighted by Gasteiger charge is -2.12. The highest BCUT2D eigenvalue weighted by molar-refractivity contribution is 7.10. The van der Waals surface area contributed by atoms with Crippen molar-refractivity contribution in [1.29, 1.82) is 0 Å². The van der Waals surface area contributed by atoms with Gasteiger partial charge in [-0.25, -0.2) is 0 Å². The van der Waals surface area contributed by atoms with Crippen molar-refractivity contribution in [2.45, 2.75) is 38.9 Å². The smallest absolute Gasteiger partial charge is 0.0799 e. The quantitative estimate of drug-likeness (QED) is 0.777. The number of aryl methyl sites for hydroxylation is 2. The van der Waals surface area contributed by atoms with Crippen LogP contribution in [0.15, 0.2) is 11.4 Å². The third-order valence-corrected chi connectivity index (χ3v) is 3.27. The van der Waals surface area contributed by atoms with E-state index in [2.05, 4.69) is 18.4 Å². The van der Waals surface area contributed by atoms with Crippen LogP contribution >= 0.6 is 11.3 Å². The number of hydrogen-bond donors (Lipinski definition) is 2. The monoisotopic (exact) mass is 200 g/mol. The van der Waals surface area contributed by atoms with Crippen molar-refractivity contribution in [3.8, 4) is 0 Å². The van der Waals surface area contributed by atoms with E-state index in [4.69, 9.17) is 5.11 Å². The van der Waals surface area contributed by atoms with E-state index in [0.717, 1.165) is 6.42 Å². The fourth-order valence-electron chi connectivity index (χ4n) is 1.18. The molecule has 0 radical (unpaired) electrons. The van der Waals surface area contributed by atoms with E-state index in [1.54, 1.807) is 18.3 Å². The van der Waals surface area contributed by atoms with Crippen LogP contribution in [-0.4, -0.2) is 22.4 Å². The molecule has 1 aromatic rings. The Morgan fingerprint density at radius 1 is 1.46 bits per heavy atom. The summed E-state index contributed by atoms with van der Waals surface area (Å²) < 4.78 is 0. The molecular weight excluding hydrogens is 184 g/mol. The van der Waals surface area contributed by atoms with Gasteiger partial charge >= 0.3 is 0 Å². The molecule has 1 heterocycles. The third-order valence-electron chi connectivity index (χ3n) is 2.19. The Morgan fingerprint density at radius 2 is 2.15 bits per heavy atom. The molecule has 74 valence electrons. The molecular formula is C10H16O2S. The van der Waals surface area contributed by atoms with Crippen LogP contribution in [0.2, 0.25) is 0 Å². The van der Waals surface area contributed by atoms with Gasteiger partial charge in [-0.2, -0.15) is 0 Å². The minimum Gasteiger partial charge on any atom is -0.391 e. The maximum Gasteiger partial charge on any atom is 0.0799 e. The molecule has 1 rings (SSSR count). The Bertz CT molecular complexity index is 255. The molecule has 0 aromatic carbocycles. The molecule has 0 amide bonds. The molecule has 0 aliphatic heterocycles. The Labute approximate surface area is 82.8 Å². The zero-order valence-electron chi connectivity index (χ0n) is 8.03. The van der Waals surface area contributed by atoms with E-state index in [9.17, 15) is 5.11 Å². The molecule has 0 aliphatic rings. The van der Waals surface area contributed by atoms with Crippen molar-refractivity contribution >= 4 is 11.3 Å². The SMILES string of the molecule is Cc1ccsc1CCC(O)C(C)O. The number of aliphatic hydroxyl groups excluding tert-OH is 2. The first-order valence-electron chi connectivity index (χ1n) is 4.50. The van der Waals surface area contributed by atoms with Crippen molar-refractivity contribution in [2.75, 3.05) is 0 Å². The van der Waals surface area contributed by atoms with Crippen LogP contribution < -0.4 is 0 Å². The summed E-state index contributed by atoms with van der Waals surface area (Å²) in [5.41, 5.74) is 1.28. The Hall–Kier alpha value is -0.380. The molecule has 0 spiro atoms. The normalized spacial score (nSPS) is 15.7. The molecule has 2 unspecified atom stereocenters. The maximum absolute atomic E-state index is 9.37. The van der Waals surface area contributed by atoms with Crippen molar-refractivity contribution in [1.82, 2.24) is 0 Å². The number of rotatable bonds is 4. The second-order valence-electron chi connectivity index (χ2n) is 3.37. The second-order valence-corrected chi connectivity index (χ2v) is 4.37. The van der Waals surface area contributed by atoms with Gasteiger partial charge in [0.2, 0.25) is 0 Å². The van der Waals surface area contributed by atoms with E-state index >= 15 is 0 Å². The predicted molar refractivity (Wildman–Crippen MR) is 55.1 cm³/mol. The van der Waals surface area contributed by atoms with Crippen LogP contribution in [-0.2, 0) is 6.42 Å².